The average Bonchev–Trinajstić information content (AvgIpc) is 3.60. The largest absolute Gasteiger partial charge is 0.345 e. The highest BCUT2D eigenvalue weighted by atomic mass is 15.1. The van der Waals surface area contributed by atoms with Crippen LogP contribution in [0.25, 0.3) is 60.9 Å². The van der Waals surface area contributed by atoms with Crippen LogP contribution in [0, 0.1) is 0 Å². The van der Waals surface area contributed by atoms with Crippen molar-refractivity contribution in [1.29, 1.82) is 0 Å². The second kappa shape index (κ2) is 10.9. The number of benzene rings is 7. The van der Waals surface area contributed by atoms with Crippen molar-refractivity contribution >= 4 is 33.2 Å². The molecule has 48 heavy (non-hydrogen) atoms. The number of nitrogens with zero attached hydrogens (tertiary/aromatic N) is 2. The lowest BCUT2D eigenvalue weighted by atomic mass is 9.81. The Bertz CT molecular complexity index is 2430. The topological polar surface area (TPSA) is 8.17 Å². The maximum Gasteiger partial charge on any atom is 0.0541 e. The van der Waals surface area contributed by atoms with Crippen LogP contribution in [0.15, 0.2) is 164 Å². The molecule has 1 aliphatic carbocycles. The summed E-state index contributed by atoms with van der Waals surface area (Å²) >= 11 is 0. The smallest absolute Gasteiger partial charge is 0.0541 e. The lowest BCUT2D eigenvalue weighted by molar-refractivity contribution is 0.660. The van der Waals surface area contributed by atoms with Gasteiger partial charge in [-0.05, 0) is 99.1 Å². The Labute approximate surface area is 282 Å². The highest BCUT2D eigenvalue weighted by molar-refractivity contribution is 6.09. The van der Waals surface area contributed by atoms with Gasteiger partial charge in [-0.15, -0.1) is 0 Å². The molecule has 0 aliphatic heterocycles. The van der Waals surface area contributed by atoms with Crippen molar-refractivity contribution < 1.29 is 0 Å². The van der Waals surface area contributed by atoms with E-state index in [0.717, 1.165) is 0 Å². The third kappa shape index (κ3) is 4.41. The molecule has 0 radical (unpaired) electrons. The van der Waals surface area contributed by atoms with Gasteiger partial charge in [-0.2, -0.15) is 0 Å². The molecule has 0 unspecified atom stereocenters. The lowest BCUT2D eigenvalue weighted by Crippen LogP contribution is -2.16. The zero-order chi connectivity index (χ0) is 32.4. The zero-order valence-corrected chi connectivity index (χ0v) is 27.5. The number of fused-ring (bicyclic) bond motifs is 6. The maximum absolute atomic E-state index is 2.42. The molecular formula is C46H36N2. The monoisotopic (exact) mass is 616 g/mol. The summed E-state index contributed by atoms with van der Waals surface area (Å²) in [6.45, 7) is 4.74. The molecule has 1 aromatic heterocycles. The van der Waals surface area contributed by atoms with E-state index in [2.05, 4.69) is 194 Å². The van der Waals surface area contributed by atoms with Crippen molar-refractivity contribution in [3.05, 3.63) is 175 Å². The maximum atomic E-state index is 2.42. The van der Waals surface area contributed by atoms with Gasteiger partial charge in [-0.3, -0.25) is 0 Å². The van der Waals surface area contributed by atoms with Crippen LogP contribution in [-0.2, 0) is 5.41 Å². The SMILES string of the molecule is CN(c1ccc(-c2ccccc2)cc1)c1ccc2c(c1)C(C)(C)c1cc(-c3cccc(-n4c5ccccc5c5ccccc54)c3)ccc1-2. The first kappa shape index (κ1) is 28.4. The van der Waals surface area contributed by atoms with Gasteiger partial charge in [0.25, 0.3) is 0 Å². The summed E-state index contributed by atoms with van der Waals surface area (Å²) in [6, 6.07) is 59.9. The Morgan fingerprint density at radius 1 is 0.438 bits per heavy atom. The van der Waals surface area contributed by atoms with Crippen molar-refractivity contribution in [3.8, 4) is 39.1 Å². The van der Waals surface area contributed by atoms with Crippen LogP contribution in [0.5, 0.6) is 0 Å². The highest BCUT2D eigenvalue weighted by Gasteiger charge is 2.36. The van der Waals surface area contributed by atoms with Gasteiger partial charge in [0.2, 0.25) is 0 Å². The summed E-state index contributed by atoms with van der Waals surface area (Å²) in [5.41, 5.74) is 16.2. The van der Waals surface area contributed by atoms with Crippen LogP contribution < -0.4 is 4.90 Å². The van der Waals surface area contributed by atoms with Crippen LogP contribution in [0.4, 0.5) is 11.4 Å². The molecule has 0 saturated heterocycles. The molecule has 230 valence electrons. The molecule has 0 fully saturated rings. The number of hydrogen-bond acceptors (Lipinski definition) is 1. The minimum atomic E-state index is -0.126. The molecule has 9 rings (SSSR count). The molecule has 1 aliphatic rings. The Hall–Kier alpha value is -5.86. The van der Waals surface area contributed by atoms with Crippen molar-refractivity contribution in [2.45, 2.75) is 19.3 Å². The van der Waals surface area contributed by atoms with Crippen molar-refractivity contribution in [2.75, 3.05) is 11.9 Å². The third-order valence-electron chi connectivity index (χ3n) is 10.4. The van der Waals surface area contributed by atoms with Crippen molar-refractivity contribution in [1.82, 2.24) is 4.57 Å². The highest BCUT2D eigenvalue weighted by Crippen LogP contribution is 2.51. The fourth-order valence-corrected chi connectivity index (χ4v) is 7.80. The predicted molar refractivity (Wildman–Crippen MR) is 204 cm³/mol. The van der Waals surface area contributed by atoms with Gasteiger partial charge in [-0.1, -0.05) is 123 Å². The average molecular weight is 617 g/mol. The van der Waals surface area contributed by atoms with Crippen molar-refractivity contribution in [3.63, 3.8) is 0 Å². The molecule has 8 aromatic rings. The minimum Gasteiger partial charge on any atom is -0.345 e. The Morgan fingerprint density at radius 2 is 0.958 bits per heavy atom. The summed E-state index contributed by atoms with van der Waals surface area (Å²) in [5.74, 6) is 0. The summed E-state index contributed by atoms with van der Waals surface area (Å²) in [5, 5.41) is 2.56. The van der Waals surface area contributed by atoms with E-state index < -0.39 is 0 Å². The number of aromatic nitrogens is 1. The van der Waals surface area contributed by atoms with Gasteiger partial charge in [0, 0.05) is 40.3 Å². The van der Waals surface area contributed by atoms with Crippen LogP contribution in [0.3, 0.4) is 0 Å². The molecule has 2 nitrogen and oxygen atoms in total. The Morgan fingerprint density at radius 3 is 1.67 bits per heavy atom. The molecule has 7 aromatic carbocycles. The van der Waals surface area contributed by atoms with Crippen LogP contribution >= 0.6 is 0 Å². The fourth-order valence-electron chi connectivity index (χ4n) is 7.80. The molecule has 0 saturated carbocycles. The molecular weight excluding hydrogens is 581 g/mol. The second-order valence-electron chi connectivity index (χ2n) is 13.5. The first-order valence-electron chi connectivity index (χ1n) is 16.7. The molecule has 2 heteroatoms. The minimum absolute atomic E-state index is 0.126. The standard InChI is InChI=1S/C46H36N2/c1-46(2)42-29-34(33-14-11-15-37(28-33)48-44-18-9-7-16-40(44)41-17-8-10-19-45(41)48)22-26-38(42)39-27-25-36(30-43(39)46)47(3)35-23-20-32(21-24-35)31-12-5-4-6-13-31/h4-30H,1-3H3. The second-order valence-corrected chi connectivity index (χ2v) is 13.5. The molecule has 0 atom stereocenters. The van der Waals surface area contributed by atoms with Gasteiger partial charge < -0.3 is 9.47 Å². The summed E-state index contributed by atoms with van der Waals surface area (Å²) in [4.78, 5) is 2.29. The van der Waals surface area contributed by atoms with Gasteiger partial charge in [0.1, 0.15) is 0 Å². The third-order valence-corrected chi connectivity index (χ3v) is 10.4. The van der Waals surface area contributed by atoms with E-state index in [0.29, 0.717) is 0 Å². The Kier molecular flexibility index (Phi) is 6.42. The molecule has 0 amide bonds. The first-order valence-corrected chi connectivity index (χ1v) is 16.7. The molecule has 0 bridgehead atoms. The van der Waals surface area contributed by atoms with Crippen LogP contribution in [-0.4, -0.2) is 11.6 Å². The van der Waals surface area contributed by atoms with E-state index in [1.54, 1.807) is 0 Å². The summed E-state index contributed by atoms with van der Waals surface area (Å²) < 4.78 is 2.40. The molecule has 0 spiro atoms. The van der Waals surface area contributed by atoms with E-state index >= 15 is 0 Å². The molecule has 0 N–H and O–H groups in total. The van der Waals surface area contributed by atoms with Crippen LogP contribution in [0.1, 0.15) is 25.0 Å². The van der Waals surface area contributed by atoms with Crippen molar-refractivity contribution in [2.24, 2.45) is 0 Å². The quantitative estimate of drug-likeness (QED) is 0.187. The summed E-state index contributed by atoms with van der Waals surface area (Å²) in [7, 11) is 2.16. The van der Waals surface area contributed by atoms with E-state index in [9.17, 15) is 0 Å². The Balaban J connectivity index is 1.06. The number of rotatable bonds is 5. The van der Waals surface area contributed by atoms with E-state index in [4.69, 9.17) is 0 Å². The van der Waals surface area contributed by atoms with E-state index in [1.165, 1.54) is 83.4 Å². The van der Waals surface area contributed by atoms with E-state index in [1.807, 2.05) is 0 Å². The zero-order valence-electron chi connectivity index (χ0n) is 27.5. The number of hydrogen-bond donors (Lipinski definition) is 0. The van der Waals surface area contributed by atoms with Gasteiger partial charge in [-0.25, -0.2) is 0 Å². The molecule has 1 heterocycles. The number of anilines is 2. The fraction of sp³-hybridized carbons (Fsp3) is 0.0870. The van der Waals surface area contributed by atoms with Gasteiger partial charge in [0.15, 0.2) is 0 Å². The van der Waals surface area contributed by atoms with E-state index in [-0.39, 0.29) is 5.41 Å². The normalized spacial score (nSPS) is 13.1. The predicted octanol–water partition coefficient (Wildman–Crippen LogP) is 12.2. The summed E-state index contributed by atoms with van der Waals surface area (Å²) in [6.07, 6.45) is 0. The van der Waals surface area contributed by atoms with Gasteiger partial charge >= 0.3 is 0 Å². The first-order chi connectivity index (χ1) is 23.5. The lowest BCUT2D eigenvalue weighted by Gasteiger charge is -2.25. The van der Waals surface area contributed by atoms with Gasteiger partial charge in [0.05, 0.1) is 11.0 Å². The van der Waals surface area contributed by atoms with Crippen LogP contribution in [0.2, 0.25) is 0 Å². The number of para-hydroxylation sites is 2.